The molecule has 1 aromatic rings. The number of halogens is 1. The van der Waals surface area contributed by atoms with E-state index in [-0.39, 0.29) is 17.3 Å². The molecule has 1 unspecified atom stereocenters. The Morgan fingerprint density at radius 3 is 2.55 bits per heavy atom. The van der Waals surface area contributed by atoms with Gasteiger partial charge in [0.05, 0.1) is 5.41 Å². The van der Waals surface area contributed by atoms with Gasteiger partial charge in [-0.1, -0.05) is 59.1 Å². The predicted octanol–water partition coefficient (Wildman–Crippen LogP) is 3.65. The van der Waals surface area contributed by atoms with Crippen molar-refractivity contribution in [3.63, 3.8) is 0 Å². The van der Waals surface area contributed by atoms with Gasteiger partial charge in [0, 0.05) is 11.4 Å². The summed E-state index contributed by atoms with van der Waals surface area (Å²) in [5.74, 6) is -1.08. The number of hydrogen-bond donors (Lipinski definition) is 3. The Kier molecular flexibility index (Phi) is 5.45. The highest BCUT2D eigenvalue weighted by Gasteiger charge is 2.50. The summed E-state index contributed by atoms with van der Waals surface area (Å²) in [6.07, 6.45) is 1.83. The van der Waals surface area contributed by atoms with Gasteiger partial charge >= 0.3 is 12.1 Å². The molecule has 1 saturated carbocycles. The first-order valence-electron chi connectivity index (χ1n) is 7.36. The van der Waals surface area contributed by atoms with Gasteiger partial charge in [-0.05, 0) is 24.3 Å². The predicted molar refractivity (Wildman–Crippen MR) is 86.2 cm³/mol. The number of alkyl halides is 1. The Balaban J connectivity index is 2.31. The molecule has 5 nitrogen and oxygen atoms in total. The fourth-order valence-corrected chi connectivity index (χ4v) is 4.43. The topological polar surface area (TPSA) is 86.6 Å². The summed E-state index contributed by atoms with van der Waals surface area (Å²) in [5.41, 5.74) is -0.0453. The highest BCUT2D eigenvalue weighted by Crippen LogP contribution is 2.50. The highest BCUT2D eigenvalue weighted by atomic mass is 79.9. The molecule has 0 spiro atoms. The summed E-state index contributed by atoms with van der Waals surface area (Å²) < 4.78 is 0. The van der Waals surface area contributed by atoms with E-state index in [1.807, 2.05) is 30.3 Å². The van der Waals surface area contributed by atoms with Crippen LogP contribution in [0.3, 0.4) is 0 Å². The minimum absolute atomic E-state index is 0.0583. The fraction of sp³-hybridized carbons (Fsp3) is 0.500. The average molecular weight is 370 g/mol. The van der Waals surface area contributed by atoms with Crippen molar-refractivity contribution < 1.29 is 19.8 Å². The smallest absolute Gasteiger partial charge is 0.404 e. The third kappa shape index (κ3) is 3.43. The lowest BCUT2D eigenvalue weighted by molar-refractivity contribution is -0.154. The first kappa shape index (κ1) is 16.8. The molecule has 1 aliphatic rings. The van der Waals surface area contributed by atoms with E-state index in [0.717, 1.165) is 24.8 Å². The molecule has 3 atom stereocenters. The lowest BCUT2D eigenvalue weighted by atomic mass is 9.64. The van der Waals surface area contributed by atoms with Gasteiger partial charge in [0.25, 0.3) is 0 Å². The van der Waals surface area contributed by atoms with Crippen molar-refractivity contribution in [2.45, 2.75) is 30.5 Å². The van der Waals surface area contributed by atoms with Gasteiger partial charge in [0.15, 0.2) is 0 Å². The molecular formula is C16H20BrNO4. The molecule has 120 valence electrons. The zero-order valence-electron chi connectivity index (χ0n) is 12.2. The Bertz CT molecular complexity index is 536. The van der Waals surface area contributed by atoms with Crippen molar-refractivity contribution in [2.24, 2.45) is 11.3 Å². The zero-order valence-corrected chi connectivity index (χ0v) is 13.8. The maximum atomic E-state index is 12.0. The summed E-state index contributed by atoms with van der Waals surface area (Å²) in [6.45, 7) is -0.0583. The number of hydrogen-bond acceptors (Lipinski definition) is 2. The van der Waals surface area contributed by atoms with E-state index in [2.05, 4.69) is 21.2 Å². The van der Waals surface area contributed by atoms with Crippen molar-refractivity contribution >= 4 is 28.0 Å². The van der Waals surface area contributed by atoms with E-state index in [1.165, 1.54) is 0 Å². The molecule has 22 heavy (non-hydrogen) atoms. The van der Waals surface area contributed by atoms with Crippen molar-refractivity contribution in [1.82, 2.24) is 5.32 Å². The third-order valence-electron chi connectivity index (χ3n) is 4.55. The van der Waals surface area contributed by atoms with Crippen molar-refractivity contribution in [2.75, 3.05) is 6.54 Å². The monoisotopic (exact) mass is 369 g/mol. The van der Waals surface area contributed by atoms with E-state index in [1.54, 1.807) is 0 Å². The van der Waals surface area contributed by atoms with Crippen LogP contribution in [0.4, 0.5) is 4.79 Å². The first-order chi connectivity index (χ1) is 10.5. The molecule has 1 aromatic carbocycles. The normalized spacial score (nSPS) is 26.1. The maximum Gasteiger partial charge on any atom is 0.404 e. The van der Waals surface area contributed by atoms with Crippen LogP contribution < -0.4 is 5.32 Å². The van der Waals surface area contributed by atoms with Gasteiger partial charge < -0.3 is 15.5 Å². The van der Waals surface area contributed by atoms with Crippen LogP contribution in [-0.4, -0.2) is 28.8 Å². The average Bonchev–Trinajstić information content (AvgIpc) is 2.53. The number of nitrogens with one attached hydrogen (secondary N) is 1. The van der Waals surface area contributed by atoms with Crippen molar-refractivity contribution in [3.05, 3.63) is 35.9 Å². The first-order valence-corrected chi connectivity index (χ1v) is 8.28. The number of carbonyl (C=O) groups is 2. The summed E-state index contributed by atoms with van der Waals surface area (Å²) in [4.78, 5) is 22.7. The lowest BCUT2D eigenvalue weighted by Crippen LogP contribution is -2.50. The summed E-state index contributed by atoms with van der Waals surface area (Å²) in [5, 5.41) is 21.0. The van der Waals surface area contributed by atoms with E-state index in [9.17, 15) is 14.7 Å². The van der Waals surface area contributed by atoms with E-state index in [4.69, 9.17) is 5.11 Å². The zero-order chi connectivity index (χ0) is 16.2. The molecule has 0 aliphatic heterocycles. The molecule has 0 aromatic heterocycles. The van der Waals surface area contributed by atoms with Crippen LogP contribution >= 0.6 is 15.9 Å². The SMILES string of the molecule is O=C(O)NC[C@@]1(C(=O)O)CCCC[C@H]1C(Br)c1ccccc1. The maximum absolute atomic E-state index is 12.0. The second-order valence-electron chi connectivity index (χ2n) is 5.78. The number of carboxylic acids is 1. The summed E-state index contributed by atoms with van der Waals surface area (Å²) >= 11 is 3.66. The number of benzene rings is 1. The molecule has 1 amide bonds. The number of aliphatic carboxylic acids is 1. The van der Waals surface area contributed by atoms with Gasteiger partial charge in [-0.3, -0.25) is 4.79 Å². The van der Waals surface area contributed by atoms with Crippen LogP contribution in [0.25, 0.3) is 0 Å². The largest absolute Gasteiger partial charge is 0.481 e. The van der Waals surface area contributed by atoms with E-state index < -0.39 is 17.5 Å². The van der Waals surface area contributed by atoms with Crippen LogP contribution in [0.1, 0.15) is 36.1 Å². The Labute approximate surface area is 137 Å². The quantitative estimate of drug-likeness (QED) is 0.691. The van der Waals surface area contributed by atoms with Crippen LogP contribution in [0, 0.1) is 11.3 Å². The van der Waals surface area contributed by atoms with Gasteiger partial charge in [-0.25, -0.2) is 4.79 Å². The van der Waals surface area contributed by atoms with Crippen LogP contribution in [0.15, 0.2) is 30.3 Å². The fourth-order valence-electron chi connectivity index (χ4n) is 3.36. The van der Waals surface area contributed by atoms with Gasteiger partial charge in [0.2, 0.25) is 0 Å². The summed E-state index contributed by atoms with van der Waals surface area (Å²) in [7, 11) is 0. The van der Waals surface area contributed by atoms with Crippen LogP contribution in [0.2, 0.25) is 0 Å². The molecule has 0 heterocycles. The standard InChI is InChI=1S/C16H20BrNO4/c17-13(11-6-2-1-3-7-11)12-8-4-5-9-16(12,14(19)20)10-18-15(21)22/h1-3,6-7,12-13,18H,4-5,8-10H2,(H,19,20)(H,21,22)/t12-,13?,16-/m0/s1. The number of carboxylic acid groups (broad SMARTS) is 2. The molecule has 0 bridgehead atoms. The second kappa shape index (κ2) is 7.13. The van der Waals surface area contributed by atoms with Crippen molar-refractivity contribution in [1.29, 1.82) is 0 Å². The third-order valence-corrected chi connectivity index (χ3v) is 5.72. The van der Waals surface area contributed by atoms with Crippen LogP contribution in [0.5, 0.6) is 0 Å². The summed E-state index contributed by atoms with van der Waals surface area (Å²) in [6, 6.07) is 9.69. The number of rotatable bonds is 5. The van der Waals surface area contributed by atoms with Gasteiger partial charge in [-0.15, -0.1) is 0 Å². The van der Waals surface area contributed by atoms with Crippen molar-refractivity contribution in [3.8, 4) is 0 Å². The molecule has 1 fully saturated rings. The molecule has 0 saturated heterocycles. The minimum Gasteiger partial charge on any atom is -0.481 e. The lowest BCUT2D eigenvalue weighted by Gasteiger charge is -2.43. The number of amides is 1. The van der Waals surface area contributed by atoms with Crippen LogP contribution in [-0.2, 0) is 4.79 Å². The molecule has 1 aliphatic carbocycles. The molecule has 0 radical (unpaired) electrons. The Hall–Kier alpha value is -1.56. The molecule has 6 heteroatoms. The highest BCUT2D eigenvalue weighted by molar-refractivity contribution is 9.09. The second-order valence-corrected chi connectivity index (χ2v) is 6.77. The van der Waals surface area contributed by atoms with Gasteiger partial charge in [0.1, 0.15) is 0 Å². The van der Waals surface area contributed by atoms with Gasteiger partial charge in [-0.2, -0.15) is 0 Å². The van der Waals surface area contributed by atoms with E-state index in [0.29, 0.717) is 6.42 Å². The molecule has 2 rings (SSSR count). The Morgan fingerprint density at radius 2 is 1.95 bits per heavy atom. The van der Waals surface area contributed by atoms with E-state index >= 15 is 0 Å². The Morgan fingerprint density at radius 1 is 1.27 bits per heavy atom. The molecule has 3 N–H and O–H groups in total. The minimum atomic E-state index is -1.18. The molecular weight excluding hydrogens is 350 g/mol.